The van der Waals surface area contributed by atoms with Crippen LogP contribution >= 0.6 is 0 Å². The minimum Gasteiger partial charge on any atom is -0.504 e. The van der Waals surface area contributed by atoms with Crippen molar-refractivity contribution in [1.82, 2.24) is 4.98 Å². The van der Waals surface area contributed by atoms with Crippen molar-refractivity contribution in [3.05, 3.63) is 65.3 Å². The average Bonchev–Trinajstić information content (AvgIpc) is 3.48. The number of fused-ring (bicyclic) bond motifs is 1. The number of aromatic hydroxyl groups is 1. The molecule has 33 heavy (non-hydrogen) atoms. The molecule has 2 aromatic heterocycles. The first-order chi connectivity index (χ1) is 16.0. The molecule has 1 aliphatic heterocycles. The maximum Gasteiger partial charge on any atom is 0.347 e. The Labute approximate surface area is 188 Å². The lowest BCUT2D eigenvalue weighted by Crippen LogP contribution is -2.26. The van der Waals surface area contributed by atoms with Gasteiger partial charge in [-0.15, -0.1) is 0 Å². The van der Waals surface area contributed by atoms with Crippen molar-refractivity contribution in [2.45, 2.75) is 31.5 Å². The highest BCUT2D eigenvalue weighted by atomic mass is 19.1. The number of aliphatic hydroxyl groups is 1. The predicted molar refractivity (Wildman–Crippen MR) is 119 cm³/mol. The number of aliphatic imine (C=N–C) groups is 1. The van der Waals surface area contributed by atoms with Gasteiger partial charge in [-0.3, -0.25) is 0 Å². The fourth-order valence-electron chi connectivity index (χ4n) is 3.90. The number of nitrogens with one attached hydrogen (secondary N) is 1. The summed E-state index contributed by atoms with van der Waals surface area (Å²) < 4.78 is 24.6. The molecule has 1 aromatic carbocycles. The number of pyridine rings is 1. The van der Waals surface area contributed by atoms with Crippen LogP contribution in [0.3, 0.4) is 0 Å². The molecule has 1 fully saturated rings. The minimum absolute atomic E-state index is 0.0108. The lowest BCUT2D eigenvalue weighted by molar-refractivity contribution is -0.00498. The number of carbonyl (C=O) groups is 1. The zero-order valence-electron chi connectivity index (χ0n) is 17.4. The van der Waals surface area contributed by atoms with Crippen LogP contribution < -0.4 is 5.32 Å². The van der Waals surface area contributed by atoms with E-state index in [1.807, 2.05) is 6.07 Å². The molecule has 2 atom stereocenters. The second-order valence-corrected chi connectivity index (χ2v) is 7.83. The quantitative estimate of drug-likeness (QED) is 0.488. The third kappa shape index (κ3) is 4.10. The summed E-state index contributed by atoms with van der Waals surface area (Å²) in [6.07, 6.45) is 5.15. The van der Waals surface area contributed by atoms with Gasteiger partial charge >= 0.3 is 5.97 Å². The molecule has 8 nitrogen and oxygen atoms in total. The van der Waals surface area contributed by atoms with Gasteiger partial charge in [0.05, 0.1) is 6.10 Å². The Kier molecular flexibility index (Phi) is 5.39. The zero-order valence-corrected chi connectivity index (χ0v) is 17.4. The van der Waals surface area contributed by atoms with E-state index in [4.69, 9.17) is 9.15 Å². The van der Waals surface area contributed by atoms with Gasteiger partial charge in [-0.1, -0.05) is 0 Å². The number of ether oxygens (including phenoxy) is 1. The van der Waals surface area contributed by atoms with E-state index < -0.39 is 29.7 Å². The van der Waals surface area contributed by atoms with Gasteiger partial charge in [-0.2, -0.15) is 0 Å². The number of aliphatic hydroxyl groups excluding tert-OH is 1. The van der Waals surface area contributed by atoms with E-state index in [1.54, 1.807) is 24.6 Å². The third-order valence-corrected chi connectivity index (χ3v) is 5.60. The first-order valence-corrected chi connectivity index (χ1v) is 10.5. The van der Waals surface area contributed by atoms with Crippen molar-refractivity contribution >= 4 is 41.2 Å². The zero-order chi connectivity index (χ0) is 22.9. The summed E-state index contributed by atoms with van der Waals surface area (Å²) in [6, 6.07) is 9.03. The van der Waals surface area contributed by atoms with Crippen molar-refractivity contribution in [1.29, 1.82) is 0 Å². The van der Waals surface area contributed by atoms with Crippen molar-refractivity contribution in [2.75, 3.05) is 5.32 Å². The second kappa shape index (κ2) is 8.51. The largest absolute Gasteiger partial charge is 0.504 e. The molecule has 0 amide bonds. The van der Waals surface area contributed by atoms with E-state index in [0.29, 0.717) is 29.9 Å². The minimum atomic E-state index is -0.835. The maximum absolute atomic E-state index is 13.3. The molecule has 0 spiro atoms. The van der Waals surface area contributed by atoms with E-state index in [-0.39, 0.29) is 17.2 Å². The Bertz CT molecular complexity index is 1270. The summed E-state index contributed by atoms with van der Waals surface area (Å²) in [5, 5.41) is 23.8. The number of allylic oxidation sites excluding steroid dienone is 1. The molecule has 3 heterocycles. The van der Waals surface area contributed by atoms with Gasteiger partial charge in [-0.25, -0.2) is 19.2 Å². The highest BCUT2D eigenvalue weighted by Crippen LogP contribution is 2.40. The molecule has 5 rings (SSSR count). The predicted octanol–water partition coefficient (Wildman–Crippen LogP) is 4.59. The molecule has 0 saturated heterocycles. The van der Waals surface area contributed by atoms with Crippen LogP contribution in [0.1, 0.15) is 40.9 Å². The average molecular weight is 449 g/mol. The fourth-order valence-corrected chi connectivity index (χ4v) is 3.90. The summed E-state index contributed by atoms with van der Waals surface area (Å²) >= 11 is 0. The van der Waals surface area contributed by atoms with Gasteiger partial charge in [-0.05, 0) is 61.7 Å². The molecule has 1 aliphatic carbocycles. The first-order valence-electron chi connectivity index (χ1n) is 10.5. The molecule has 168 valence electrons. The molecule has 2 unspecified atom stereocenters. The third-order valence-electron chi connectivity index (χ3n) is 5.60. The van der Waals surface area contributed by atoms with Crippen LogP contribution in [0.2, 0.25) is 0 Å². The molecular weight excluding hydrogens is 429 g/mol. The summed E-state index contributed by atoms with van der Waals surface area (Å²) in [6.45, 7) is 0. The number of anilines is 2. The Morgan fingerprint density at radius 1 is 1.24 bits per heavy atom. The van der Waals surface area contributed by atoms with Gasteiger partial charge in [0.15, 0.2) is 22.9 Å². The van der Waals surface area contributed by atoms with Crippen molar-refractivity contribution in [3.63, 3.8) is 0 Å². The number of hydrogen-bond donors (Lipinski definition) is 3. The second-order valence-electron chi connectivity index (χ2n) is 7.83. The number of halogens is 1. The van der Waals surface area contributed by atoms with Gasteiger partial charge in [0.25, 0.3) is 0 Å². The molecule has 2 aliphatic rings. The normalized spacial score (nSPS) is 20.2. The van der Waals surface area contributed by atoms with Gasteiger partial charge in [0.1, 0.15) is 11.9 Å². The Morgan fingerprint density at radius 2 is 2.06 bits per heavy atom. The monoisotopic (exact) mass is 449 g/mol. The summed E-state index contributed by atoms with van der Waals surface area (Å²) in [7, 11) is 0. The number of aromatic nitrogens is 1. The number of rotatable bonds is 5. The van der Waals surface area contributed by atoms with Crippen LogP contribution in [0.5, 0.6) is 5.75 Å². The van der Waals surface area contributed by atoms with Crippen LogP contribution in [-0.2, 0) is 4.74 Å². The van der Waals surface area contributed by atoms with Crippen molar-refractivity contribution in [3.8, 4) is 5.75 Å². The highest BCUT2D eigenvalue weighted by molar-refractivity contribution is 6.21. The lowest BCUT2D eigenvalue weighted by atomic mass is 10.1. The molecule has 1 saturated carbocycles. The molecule has 9 heteroatoms. The van der Waals surface area contributed by atoms with Crippen LogP contribution in [0.4, 0.5) is 21.8 Å². The van der Waals surface area contributed by atoms with E-state index >= 15 is 0 Å². The molecule has 0 bridgehead atoms. The number of furan rings is 1. The van der Waals surface area contributed by atoms with Crippen molar-refractivity contribution < 1.29 is 28.6 Å². The van der Waals surface area contributed by atoms with Gasteiger partial charge in [0.2, 0.25) is 5.88 Å². The molecular formula is C24H20FN3O5. The standard InChI is InChI=1S/C24H20FN3O5/c25-14-6-8-15(9-7-14)28-23-20(24(31)33-18-5-1-4-17(18)29)21(30)19(32-23)11-13-12-27-22-16(13)3-2-10-26-22/h2-3,6-12,17-18,28-30H,1,4-5H2. The number of benzene rings is 1. The van der Waals surface area contributed by atoms with Crippen LogP contribution in [0.15, 0.2) is 52.0 Å². The topological polar surface area (TPSA) is 117 Å². The van der Waals surface area contributed by atoms with Crippen LogP contribution in [0.25, 0.3) is 11.6 Å². The maximum atomic E-state index is 13.3. The fraction of sp³-hybridized carbons (Fsp3) is 0.208. The Hall–Kier alpha value is -3.98. The van der Waals surface area contributed by atoms with Gasteiger partial charge < -0.3 is 24.7 Å². The van der Waals surface area contributed by atoms with Crippen LogP contribution in [0, 0.1) is 5.82 Å². The number of carbonyl (C=O) groups excluding carboxylic acids is 1. The number of nitrogens with zero attached hydrogens (tertiary/aromatic N) is 2. The molecule has 3 N–H and O–H groups in total. The van der Waals surface area contributed by atoms with E-state index in [2.05, 4.69) is 15.3 Å². The Balaban J connectivity index is 1.52. The van der Waals surface area contributed by atoms with E-state index in [1.165, 1.54) is 24.3 Å². The number of hydrogen-bond acceptors (Lipinski definition) is 8. The summed E-state index contributed by atoms with van der Waals surface area (Å²) in [4.78, 5) is 21.4. The smallest absolute Gasteiger partial charge is 0.347 e. The SMILES string of the molecule is O=C(OC1CCCC1O)c1c(Nc2ccc(F)cc2)oc(C=C2C=Nc3ncccc32)c1O. The molecule has 3 aromatic rings. The molecule has 0 radical (unpaired) electrons. The van der Waals surface area contributed by atoms with E-state index in [9.17, 15) is 19.4 Å². The first kappa shape index (κ1) is 20.9. The van der Waals surface area contributed by atoms with Crippen LogP contribution in [-0.4, -0.2) is 39.6 Å². The highest BCUT2D eigenvalue weighted by Gasteiger charge is 2.33. The van der Waals surface area contributed by atoms with Gasteiger partial charge in [0, 0.05) is 29.2 Å². The van der Waals surface area contributed by atoms with E-state index in [0.717, 1.165) is 12.0 Å². The summed E-state index contributed by atoms with van der Waals surface area (Å²) in [5.74, 6) is -1.19. The lowest BCUT2D eigenvalue weighted by Gasteiger charge is -2.15. The Morgan fingerprint density at radius 3 is 2.82 bits per heavy atom. The van der Waals surface area contributed by atoms with Crippen molar-refractivity contribution in [2.24, 2.45) is 4.99 Å². The summed E-state index contributed by atoms with van der Waals surface area (Å²) in [5.41, 5.74) is 1.61. The number of esters is 1.